The number of nitrogens with zero attached hydrogens (tertiary/aromatic N) is 1. The molecule has 0 saturated heterocycles. The van der Waals surface area contributed by atoms with Crippen molar-refractivity contribution in [2.75, 3.05) is 18.7 Å². The highest BCUT2D eigenvalue weighted by Crippen LogP contribution is 2.29. The first kappa shape index (κ1) is 15.7. The number of sulfone groups is 1. The van der Waals surface area contributed by atoms with Crippen molar-refractivity contribution >= 4 is 27.1 Å². The van der Waals surface area contributed by atoms with E-state index in [1.165, 1.54) is 19.2 Å². The van der Waals surface area contributed by atoms with E-state index >= 15 is 0 Å². The van der Waals surface area contributed by atoms with Gasteiger partial charge in [0.15, 0.2) is 9.84 Å². The predicted molar refractivity (Wildman–Crippen MR) is 71.6 cm³/mol. The minimum atomic E-state index is -3.75. The predicted octanol–water partition coefficient (Wildman–Crippen LogP) is 2.25. The molecule has 0 aliphatic carbocycles. The Balaban J connectivity index is 3.30. The van der Waals surface area contributed by atoms with Crippen LogP contribution in [0.1, 0.15) is 6.92 Å². The van der Waals surface area contributed by atoms with Crippen molar-refractivity contribution in [1.29, 1.82) is 0 Å². The second kappa shape index (κ2) is 6.21. The van der Waals surface area contributed by atoms with Crippen molar-refractivity contribution in [3.8, 4) is 5.75 Å². The lowest BCUT2D eigenvalue weighted by Gasteiger charge is -2.10. The standard InChI is InChI=1S/C11H14ClNO5S/c1-8(6-12)7-19(16,17)11-4-3-9(18-2)5-10(11)13(14)15/h3-5,8H,6-7H2,1-2H3. The average Bonchev–Trinajstić information content (AvgIpc) is 2.37. The second-order valence-corrected chi connectivity index (χ2v) is 6.44. The number of alkyl halides is 1. The number of hydrogen-bond donors (Lipinski definition) is 0. The molecule has 1 unspecified atom stereocenters. The lowest BCUT2D eigenvalue weighted by Crippen LogP contribution is -2.16. The molecule has 8 heteroatoms. The average molecular weight is 308 g/mol. The number of benzene rings is 1. The molecule has 0 aliphatic rings. The Kier molecular flexibility index (Phi) is 5.13. The van der Waals surface area contributed by atoms with Gasteiger partial charge in [0.2, 0.25) is 0 Å². The number of hydrogen-bond acceptors (Lipinski definition) is 5. The minimum absolute atomic E-state index is 0.170. The van der Waals surface area contributed by atoms with Crippen LogP contribution in [0.2, 0.25) is 0 Å². The van der Waals surface area contributed by atoms with E-state index in [-0.39, 0.29) is 28.2 Å². The van der Waals surface area contributed by atoms with Gasteiger partial charge in [0.25, 0.3) is 5.69 Å². The smallest absolute Gasteiger partial charge is 0.291 e. The van der Waals surface area contributed by atoms with Gasteiger partial charge in [0.05, 0.1) is 23.9 Å². The van der Waals surface area contributed by atoms with Crippen molar-refractivity contribution < 1.29 is 18.1 Å². The fourth-order valence-corrected chi connectivity index (χ4v) is 3.55. The van der Waals surface area contributed by atoms with Crippen molar-refractivity contribution in [2.45, 2.75) is 11.8 Å². The van der Waals surface area contributed by atoms with Gasteiger partial charge < -0.3 is 4.74 Å². The van der Waals surface area contributed by atoms with Gasteiger partial charge in [-0.2, -0.15) is 0 Å². The molecule has 0 aromatic heterocycles. The number of methoxy groups -OCH3 is 1. The van der Waals surface area contributed by atoms with E-state index in [0.29, 0.717) is 0 Å². The Morgan fingerprint density at radius 3 is 2.58 bits per heavy atom. The summed E-state index contributed by atoms with van der Waals surface area (Å²) in [6, 6.07) is 3.66. The highest BCUT2D eigenvalue weighted by molar-refractivity contribution is 7.91. The summed E-state index contributed by atoms with van der Waals surface area (Å²) in [6.07, 6.45) is 0. The van der Waals surface area contributed by atoms with E-state index in [0.717, 1.165) is 6.07 Å². The Hall–Kier alpha value is -1.34. The van der Waals surface area contributed by atoms with Crippen LogP contribution in [0.4, 0.5) is 5.69 Å². The third-order valence-corrected chi connectivity index (χ3v) is 5.02. The van der Waals surface area contributed by atoms with Crippen molar-refractivity contribution in [1.82, 2.24) is 0 Å². The topological polar surface area (TPSA) is 86.5 Å². The lowest BCUT2D eigenvalue weighted by atomic mass is 10.3. The van der Waals surface area contributed by atoms with Crippen LogP contribution in [0, 0.1) is 16.0 Å². The van der Waals surface area contributed by atoms with Crippen LogP contribution in [0.25, 0.3) is 0 Å². The minimum Gasteiger partial charge on any atom is -0.497 e. The summed E-state index contributed by atoms with van der Waals surface area (Å²) < 4.78 is 29.1. The van der Waals surface area contributed by atoms with Gasteiger partial charge in [0, 0.05) is 5.88 Å². The molecule has 0 spiro atoms. The normalized spacial score (nSPS) is 13.0. The summed E-state index contributed by atoms with van der Waals surface area (Å²) in [4.78, 5) is 9.91. The maximum atomic E-state index is 12.1. The SMILES string of the molecule is COc1ccc(S(=O)(=O)CC(C)CCl)c([N+](=O)[O-])c1. The van der Waals surface area contributed by atoms with Crippen molar-refractivity contribution in [2.24, 2.45) is 5.92 Å². The molecule has 1 atom stereocenters. The van der Waals surface area contributed by atoms with E-state index in [1.54, 1.807) is 6.92 Å². The van der Waals surface area contributed by atoms with E-state index in [2.05, 4.69) is 0 Å². The van der Waals surface area contributed by atoms with E-state index < -0.39 is 20.4 Å². The van der Waals surface area contributed by atoms with E-state index in [1.807, 2.05) is 0 Å². The third kappa shape index (κ3) is 3.81. The van der Waals surface area contributed by atoms with Crippen LogP contribution < -0.4 is 4.74 Å². The molecule has 0 radical (unpaired) electrons. The number of halogens is 1. The van der Waals surface area contributed by atoms with Crippen molar-refractivity contribution in [3.63, 3.8) is 0 Å². The van der Waals surface area contributed by atoms with Gasteiger partial charge >= 0.3 is 0 Å². The van der Waals surface area contributed by atoms with Crippen LogP contribution in [-0.2, 0) is 9.84 Å². The number of nitro groups is 1. The zero-order valence-electron chi connectivity index (χ0n) is 10.5. The molecule has 0 heterocycles. The fourth-order valence-electron chi connectivity index (χ4n) is 1.54. The third-order valence-electron chi connectivity index (χ3n) is 2.47. The zero-order valence-corrected chi connectivity index (χ0v) is 12.1. The molecule has 0 aliphatic heterocycles. The summed E-state index contributed by atoms with van der Waals surface area (Å²) in [7, 11) is -2.40. The molecule has 19 heavy (non-hydrogen) atoms. The molecule has 1 rings (SSSR count). The first-order valence-corrected chi connectivity index (χ1v) is 7.61. The molecule has 0 bridgehead atoms. The molecule has 0 fully saturated rings. The summed E-state index contributed by atoms with van der Waals surface area (Å²) in [5.41, 5.74) is -0.485. The largest absolute Gasteiger partial charge is 0.497 e. The highest BCUT2D eigenvalue weighted by atomic mass is 35.5. The van der Waals surface area contributed by atoms with Gasteiger partial charge in [-0.3, -0.25) is 10.1 Å². The monoisotopic (exact) mass is 307 g/mol. The van der Waals surface area contributed by atoms with Gasteiger partial charge in [0.1, 0.15) is 10.6 Å². The Morgan fingerprint density at radius 2 is 2.11 bits per heavy atom. The molecule has 6 nitrogen and oxygen atoms in total. The van der Waals surface area contributed by atoms with Gasteiger partial charge in [-0.25, -0.2) is 8.42 Å². The number of nitro benzene ring substituents is 1. The molecular weight excluding hydrogens is 294 g/mol. The molecule has 0 saturated carbocycles. The second-order valence-electron chi connectivity index (χ2n) is 4.13. The van der Waals surface area contributed by atoms with Crippen LogP contribution in [-0.4, -0.2) is 32.1 Å². The summed E-state index contributed by atoms with van der Waals surface area (Å²) in [5.74, 6) is -0.114. The van der Waals surface area contributed by atoms with Crippen LogP contribution in [0.5, 0.6) is 5.75 Å². The Morgan fingerprint density at radius 1 is 1.47 bits per heavy atom. The molecule has 1 aromatic carbocycles. The van der Waals surface area contributed by atoms with Crippen molar-refractivity contribution in [3.05, 3.63) is 28.3 Å². The first-order valence-electron chi connectivity index (χ1n) is 5.43. The molecular formula is C11H14ClNO5S. The molecule has 0 amide bonds. The summed E-state index contributed by atoms with van der Waals surface area (Å²) in [5, 5.41) is 11.0. The summed E-state index contributed by atoms with van der Waals surface area (Å²) >= 11 is 5.58. The van der Waals surface area contributed by atoms with Crippen LogP contribution in [0.15, 0.2) is 23.1 Å². The summed E-state index contributed by atoms with van der Waals surface area (Å²) in [6.45, 7) is 1.67. The Bertz CT molecular complexity index is 572. The van der Waals surface area contributed by atoms with E-state index in [9.17, 15) is 18.5 Å². The number of rotatable bonds is 6. The lowest BCUT2D eigenvalue weighted by molar-refractivity contribution is -0.387. The number of ether oxygens (including phenoxy) is 1. The quantitative estimate of drug-likeness (QED) is 0.457. The molecule has 1 aromatic rings. The van der Waals surface area contributed by atoms with Gasteiger partial charge in [-0.15, -0.1) is 11.6 Å². The molecule has 0 N–H and O–H groups in total. The maximum Gasteiger partial charge on any atom is 0.291 e. The van der Waals surface area contributed by atoms with Crippen LogP contribution in [0.3, 0.4) is 0 Å². The van der Waals surface area contributed by atoms with Gasteiger partial charge in [-0.1, -0.05) is 6.92 Å². The van der Waals surface area contributed by atoms with Gasteiger partial charge in [-0.05, 0) is 18.1 Å². The first-order chi connectivity index (χ1) is 8.81. The molecule has 106 valence electrons. The maximum absolute atomic E-state index is 12.1. The fraction of sp³-hybridized carbons (Fsp3) is 0.455. The zero-order chi connectivity index (χ0) is 14.6. The Labute approximate surface area is 116 Å². The van der Waals surface area contributed by atoms with Crippen LogP contribution >= 0.6 is 11.6 Å². The highest BCUT2D eigenvalue weighted by Gasteiger charge is 2.27. The van der Waals surface area contributed by atoms with E-state index in [4.69, 9.17) is 16.3 Å².